The van der Waals surface area contributed by atoms with E-state index in [-0.39, 0.29) is 16.8 Å². The van der Waals surface area contributed by atoms with Crippen molar-refractivity contribution >= 4 is 28.8 Å². The van der Waals surface area contributed by atoms with Crippen LogP contribution in [0, 0.1) is 5.82 Å². The molecule has 0 aromatic carbocycles. The highest BCUT2D eigenvalue weighted by atomic mass is 35.5. The Bertz CT molecular complexity index is 574. The predicted octanol–water partition coefficient (Wildman–Crippen LogP) is 3.30. The van der Waals surface area contributed by atoms with Gasteiger partial charge in [-0.15, -0.1) is 0 Å². The fourth-order valence-corrected chi connectivity index (χ4v) is 2.57. The molecule has 0 fully saturated rings. The molecule has 1 N–H and O–H groups in total. The van der Waals surface area contributed by atoms with Gasteiger partial charge in [-0.3, -0.25) is 4.79 Å². The molecule has 0 bridgehead atoms. The summed E-state index contributed by atoms with van der Waals surface area (Å²) in [5.41, 5.74) is 1.21. The largest absolute Gasteiger partial charge is 0.349 e. The van der Waals surface area contributed by atoms with Crippen LogP contribution in [0.2, 0.25) is 5.15 Å². The smallest absolute Gasteiger partial charge is 0.254 e. The summed E-state index contributed by atoms with van der Waals surface area (Å²) in [4.78, 5) is 15.6. The minimum atomic E-state index is -0.583. The van der Waals surface area contributed by atoms with Gasteiger partial charge in [-0.2, -0.15) is 11.3 Å². The summed E-state index contributed by atoms with van der Waals surface area (Å²) >= 11 is 7.39. The number of rotatable bonds is 4. The van der Waals surface area contributed by atoms with E-state index in [1.165, 1.54) is 0 Å². The zero-order chi connectivity index (χ0) is 13.8. The first-order valence-corrected chi connectivity index (χ1v) is 7.01. The first kappa shape index (κ1) is 14.0. The number of aromatic nitrogens is 1. The molecule has 1 atom stereocenters. The van der Waals surface area contributed by atoms with Crippen LogP contribution >= 0.6 is 22.9 Å². The van der Waals surface area contributed by atoms with Crippen molar-refractivity contribution in [1.82, 2.24) is 10.3 Å². The maximum absolute atomic E-state index is 13.1. The first-order valence-electron chi connectivity index (χ1n) is 5.69. The zero-order valence-electron chi connectivity index (χ0n) is 10.2. The number of thiophene rings is 1. The lowest BCUT2D eigenvalue weighted by molar-refractivity contribution is 0.0939. The standard InChI is InChI=1S/C13H12ClFN2OS/c1-8(4-9-2-3-19-7-9)17-13(18)11-5-10(15)6-16-12(11)14/h2-3,5-8H,4H2,1H3,(H,17,18). The van der Waals surface area contributed by atoms with Gasteiger partial charge in [0.25, 0.3) is 5.91 Å². The van der Waals surface area contributed by atoms with E-state index in [4.69, 9.17) is 11.6 Å². The lowest BCUT2D eigenvalue weighted by Gasteiger charge is -2.13. The van der Waals surface area contributed by atoms with Crippen LogP contribution in [0.5, 0.6) is 0 Å². The van der Waals surface area contributed by atoms with Gasteiger partial charge in [0.1, 0.15) is 11.0 Å². The maximum Gasteiger partial charge on any atom is 0.254 e. The quantitative estimate of drug-likeness (QED) is 0.880. The van der Waals surface area contributed by atoms with Crippen molar-refractivity contribution in [2.24, 2.45) is 0 Å². The van der Waals surface area contributed by atoms with Crippen LogP contribution in [0.4, 0.5) is 4.39 Å². The molecule has 2 aromatic rings. The minimum Gasteiger partial charge on any atom is -0.349 e. The summed E-state index contributed by atoms with van der Waals surface area (Å²) in [6, 6.07) is 3.02. The Labute approximate surface area is 119 Å². The normalized spacial score (nSPS) is 12.2. The Morgan fingerprint density at radius 2 is 2.42 bits per heavy atom. The minimum absolute atomic E-state index is 0.00151. The van der Waals surface area contributed by atoms with Crippen molar-refractivity contribution in [3.8, 4) is 0 Å². The van der Waals surface area contributed by atoms with Crippen molar-refractivity contribution in [3.63, 3.8) is 0 Å². The van der Waals surface area contributed by atoms with Gasteiger partial charge >= 0.3 is 0 Å². The lowest BCUT2D eigenvalue weighted by Crippen LogP contribution is -2.34. The van der Waals surface area contributed by atoms with E-state index in [2.05, 4.69) is 10.3 Å². The van der Waals surface area contributed by atoms with Crippen LogP contribution in [0.25, 0.3) is 0 Å². The Morgan fingerprint density at radius 3 is 3.11 bits per heavy atom. The molecule has 0 radical (unpaired) electrons. The molecule has 0 aliphatic carbocycles. The fourth-order valence-electron chi connectivity index (χ4n) is 1.70. The molecule has 0 spiro atoms. The van der Waals surface area contributed by atoms with Crippen molar-refractivity contribution in [3.05, 3.63) is 51.2 Å². The Morgan fingerprint density at radius 1 is 1.63 bits per heavy atom. The topological polar surface area (TPSA) is 42.0 Å². The van der Waals surface area contributed by atoms with Crippen molar-refractivity contribution in [2.45, 2.75) is 19.4 Å². The molecule has 1 unspecified atom stereocenters. The van der Waals surface area contributed by atoms with Gasteiger partial charge in [0, 0.05) is 6.04 Å². The molecule has 100 valence electrons. The summed E-state index contributed by atoms with van der Waals surface area (Å²) in [6.07, 6.45) is 1.70. The predicted molar refractivity (Wildman–Crippen MR) is 74.2 cm³/mol. The van der Waals surface area contributed by atoms with Crippen molar-refractivity contribution < 1.29 is 9.18 Å². The van der Waals surface area contributed by atoms with Crippen LogP contribution in [0.3, 0.4) is 0 Å². The molecule has 2 aromatic heterocycles. The van der Waals surface area contributed by atoms with E-state index in [0.29, 0.717) is 0 Å². The number of hydrogen-bond donors (Lipinski definition) is 1. The fraction of sp³-hybridized carbons (Fsp3) is 0.231. The highest BCUT2D eigenvalue weighted by Crippen LogP contribution is 2.14. The number of halogens is 2. The van der Waals surface area contributed by atoms with Gasteiger partial charge in [-0.05, 0) is 41.8 Å². The summed E-state index contributed by atoms with van der Waals surface area (Å²) < 4.78 is 13.1. The molecule has 0 saturated heterocycles. The number of hydrogen-bond acceptors (Lipinski definition) is 3. The van der Waals surface area contributed by atoms with Crippen LogP contribution < -0.4 is 5.32 Å². The summed E-state index contributed by atoms with van der Waals surface area (Å²) in [5.74, 6) is -1.00. The van der Waals surface area contributed by atoms with E-state index in [0.717, 1.165) is 24.2 Å². The molecule has 2 rings (SSSR count). The van der Waals surface area contributed by atoms with E-state index < -0.39 is 11.7 Å². The van der Waals surface area contributed by atoms with Crippen molar-refractivity contribution in [1.29, 1.82) is 0 Å². The second-order valence-electron chi connectivity index (χ2n) is 4.20. The summed E-state index contributed by atoms with van der Waals surface area (Å²) in [6.45, 7) is 1.89. The van der Waals surface area contributed by atoms with Crippen molar-refractivity contribution in [2.75, 3.05) is 0 Å². The van der Waals surface area contributed by atoms with E-state index >= 15 is 0 Å². The molecule has 0 aliphatic rings. The molecule has 6 heteroatoms. The molecule has 3 nitrogen and oxygen atoms in total. The number of pyridine rings is 1. The Kier molecular flexibility index (Phi) is 4.50. The Balaban J connectivity index is 2.02. The van der Waals surface area contributed by atoms with Gasteiger partial charge in [0.05, 0.1) is 11.8 Å². The van der Waals surface area contributed by atoms with Gasteiger partial charge < -0.3 is 5.32 Å². The molecule has 1 amide bonds. The number of nitrogens with zero attached hydrogens (tertiary/aromatic N) is 1. The van der Waals surface area contributed by atoms with Crippen LogP contribution in [-0.2, 0) is 6.42 Å². The van der Waals surface area contributed by atoms with Crippen LogP contribution in [-0.4, -0.2) is 16.9 Å². The second kappa shape index (κ2) is 6.12. The summed E-state index contributed by atoms with van der Waals surface area (Å²) in [7, 11) is 0. The van der Waals surface area contributed by atoms with Gasteiger partial charge in [0.15, 0.2) is 0 Å². The van der Waals surface area contributed by atoms with Crippen LogP contribution in [0.1, 0.15) is 22.8 Å². The molecule has 0 saturated carbocycles. The third kappa shape index (κ3) is 3.75. The van der Waals surface area contributed by atoms with Gasteiger partial charge in [-0.25, -0.2) is 9.37 Å². The number of nitrogens with one attached hydrogen (secondary N) is 1. The van der Waals surface area contributed by atoms with E-state index in [1.807, 2.05) is 23.8 Å². The monoisotopic (exact) mass is 298 g/mol. The molecule has 2 heterocycles. The third-order valence-corrected chi connectivity index (χ3v) is 3.58. The third-order valence-electron chi connectivity index (χ3n) is 2.55. The average molecular weight is 299 g/mol. The molecule has 19 heavy (non-hydrogen) atoms. The highest BCUT2D eigenvalue weighted by molar-refractivity contribution is 7.07. The zero-order valence-corrected chi connectivity index (χ0v) is 11.8. The summed E-state index contributed by atoms with van der Waals surface area (Å²) in [5, 5.41) is 6.79. The highest BCUT2D eigenvalue weighted by Gasteiger charge is 2.15. The number of amides is 1. The SMILES string of the molecule is CC(Cc1ccsc1)NC(=O)c1cc(F)cnc1Cl. The maximum atomic E-state index is 13.1. The van der Waals surface area contributed by atoms with Crippen LogP contribution in [0.15, 0.2) is 29.1 Å². The number of carbonyl (C=O) groups excluding carboxylic acids is 1. The Hall–Kier alpha value is -1.46. The molecular formula is C13H12ClFN2OS. The molecular weight excluding hydrogens is 287 g/mol. The number of carbonyl (C=O) groups is 1. The second-order valence-corrected chi connectivity index (χ2v) is 5.34. The van der Waals surface area contributed by atoms with E-state index in [9.17, 15) is 9.18 Å². The van der Waals surface area contributed by atoms with Gasteiger partial charge in [-0.1, -0.05) is 11.6 Å². The van der Waals surface area contributed by atoms with E-state index in [1.54, 1.807) is 11.3 Å². The molecule has 0 aliphatic heterocycles. The van der Waals surface area contributed by atoms with Gasteiger partial charge in [0.2, 0.25) is 0 Å². The average Bonchev–Trinajstić information content (AvgIpc) is 2.84. The first-order chi connectivity index (χ1) is 9.06. The lowest BCUT2D eigenvalue weighted by atomic mass is 10.1.